The molecule has 0 aliphatic heterocycles. The Morgan fingerprint density at radius 3 is 2.29 bits per heavy atom. The van der Waals surface area contributed by atoms with Gasteiger partial charge in [-0.3, -0.25) is 0 Å². The van der Waals surface area contributed by atoms with Crippen molar-refractivity contribution < 1.29 is 18.3 Å². The van der Waals surface area contributed by atoms with Gasteiger partial charge in [0.1, 0.15) is 11.2 Å². The van der Waals surface area contributed by atoms with Crippen LogP contribution in [0.4, 0.5) is 0 Å². The molecule has 0 aromatic heterocycles. The number of hydrogen-bond donors (Lipinski definition) is 1. The van der Waals surface area contributed by atoms with Crippen molar-refractivity contribution in [2.45, 2.75) is 16.1 Å². The van der Waals surface area contributed by atoms with E-state index in [1.54, 1.807) is 49.6 Å². The first-order valence-electron chi connectivity index (χ1n) is 7.46. The van der Waals surface area contributed by atoms with Crippen molar-refractivity contribution in [3.63, 3.8) is 0 Å². The smallest absolute Gasteiger partial charge is 0.183 e. The SMILES string of the molecule is COc1ccc([C@H]2[C@H](S(=O)(=O)c3ccccc3)[C@@]2(C#N)CO)cc1. The van der Waals surface area contributed by atoms with Crippen LogP contribution in [0.3, 0.4) is 0 Å². The quantitative estimate of drug-likeness (QED) is 0.899. The molecule has 1 aliphatic rings. The standard InChI is InChI=1S/C18H17NO4S/c1-23-14-9-7-13(8-10-14)16-17(18(16,11-19)12-20)24(21,22)15-5-3-2-4-6-15/h2-10,16-17,20H,12H2,1H3/t16-,17-,18-/m0/s1. The van der Waals surface area contributed by atoms with Gasteiger partial charge in [-0.15, -0.1) is 0 Å². The molecule has 6 heteroatoms. The first-order chi connectivity index (χ1) is 11.5. The van der Waals surface area contributed by atoms with E-state index >= 15 is 0 Å². The number of nitrogens with zero attached hydrogens (tertiary/aromatic N) is 1. The minimum atomic E-state index is -3.72. The average molecular weight is 343 g/mol. The van der Waals surface area contributed by atoms with Gasteiger partial charge in [-0.2, -0.15) is 5.26 Å². The summed E-state index contributed by atoms with van der Waals surface area (Å²) in [5.41, 5.74) is -0.612. The van der Waals surface area contributed by atoms with Crippen molar-refractivity contribution in [2.24, 2.45) is 5.41 Å². The number of ether oxygens (including phenoxy) is 1. The van der Waals surface area contributed by atoms with Crippen molar-refractivity contribution >= 4 is 9.84 Å². The van der Waals surface area contributed by atoms with E-state index in [0.717, 1.165) is 0 Å². The molecule has 1 fully saturated rings. The van der Waals surface area contributed by atoms with E-state index in [1.807, 2.05) is 6.07 Å². The summed E-state index contributed by atoms with van der Waals surface area (Å²) in [6.07, 6.45) is 0. The van der Waals surface area contributed by atoms with E-state index in [9.17, 15) is 18.8 Å². The van der Waals surface area contributed by atoms with E-state index in [2.05, 4.69) is 0 Å². The largest absolute Gasteiger partial charge is 0.497 e. The van der Waals surface area contributed by atoms with Gasteiger partial charge in [0.15, 0.2) is 9.84 Å². The molecule has 0 spiro atoms. The maximum Gasteiger partial charge on any atom is 0.183 e. The van der Waals surface area contributed by atoms with Gasteiger partial charge in [-0.1, -0.05) is 30.3 Å². The zero-order valence-electron chi connectivity index (χ0n) is 13.1. The molecule has 0 bridgehead atoms. The number of aliphatic hydroxyl groups excluding tert-OH is 1. The van der Waals surface area contributed by atoms with E-state index in [1.165, 1.54) is 12.1 Å². The fourth-order valence-corrected chi connectivity index (χ4v) is 5.59. The third-order valence-corrected chi connectivity index (χ3v) is 6.90. The van der Waals surface area contributed by atoms with Gasteiger partial charge < -0.3 is 9.84 Å². The number of hydrogen-bond acceptors (Lipinski definition) is 5. The second-order valence-corrected chi connectivity index (χ2v) is 7.91. The minimum absolute atomic E-state index is 0.166. The number of benzene rings is 2. The molecule has 2 aromatic rings. The monoisotopic (exact) mass is 343 g/mol. The van der Waals surface area contributed by atoms with Gasteiger partial charge in [0.25, 0.3) is 0 Å². The third kappa shape index (κ3) is 2.37. The van der Waals surface area contributed by atoms with Crippen LogP contribution in [0.25, 0.3) is 0 Å². The third-order valence-electron chi connectivity index (χ3n) is 4.61. The highest BCUT2D eigenvalue weighted by Gasteiger charge is 2.72. The molecular weight excluding hydrogens is 326 g/mol. The lowest BCUT2D eigenvalue weighted by atomic mass is 10.0. The molecule has 5 nitrogen and oxygen atoms in total. The summed E-state index contributed by atoms with van der Waals surface area (Å²) in [5.74, 6) is 0.0806. The second-order valence-electron chi connectivity index (χ2n) is 5.84. The zero-order chi connectivity index (χ0) is 17.4. The van der Waals surface area contributed by atoms with Crippen molar-refractivity contribution in [1.82, 2.24) is 0 Å². The van der Waals surface area contributed by atoms with Crippen molar-refractivity contribution in [2.75, 3.05) is 13.7 Å². The lowest BCUT2D eigenvalue weighted by Crippen LogP contribution is -2.18. The fraction of sp³-hybridized carbons (Fsp3) is 0.278. The summed E-state index contributed by atoms with van der Waals surface area (Å²) < 4.78 is 31.0. The Kier molecular flexibility index (Phi) is 4.08. The average Bonchev–Trinajstić information content (AvgIpc) is 3.33. The Morgan fingerprint density at radius 1 is 1.17 bits per heavy atom. The molecule has 0 amide bonds. The second kappa shape index (κ2) is 5.93. The number of sulfone groups is 1. The summed E-state index contributed by atoms with van der Waals surface area (Å²) in [4.78, 5) is 0.166. The van der Waals surface area contributed by atoms with E-state index in [4.69, 9.17) is 4.74 Å². The van der Waals surface area contributed by atoms with Crippen LogP contribution in [0.1, 0.15) is 11.5 Å². The summed E-state index contributed by atoms with van der Waals surface area (Å²) in [7, 11) is -2.18. The van der Waals surface area contributed by atoms with Crippen LogP contribution in [0.5, 0.6) is 5.75 Å². The Bertz CT molecular complexity index is 871. The Morgan fingerprint density at radius 2 is 1.79 bits per heavy atom. The predicted molar refractivity (Wildman–Crippen MR) is 88.3 cm³/mol. The molecule has 0 heterocycles. The van der Waals surface area contributed by atoms with Crippen molar-refractivity contribution in [3.05, 3.63) is 60.2 Å². The Balaban J connectivity index is 2.04. The number of aliphatic hydroxyl groups is 1. The number of nitriles is 1. The molecule has 1 N–H and O–H groups in total. The van der Waals surface area contributed by atoms with Crippen LogP contribution in [0, 0.1) is 16.7 Å². The zero-order valence-corrected chi connectivity index (χ0v) is 13.9. The van der Waals surface area contributed by atoms with Crippen LogP contribution >= 0.6 is 0 Å². The predicted octanol–water partition coefficient (Wildman–Crippen LogP) is 2.14. The van der Waals surface area contributed by atoms with Crippen LogP contribution < -0.4 is 4.74 Å². The highest BCUT2D eigenvalue weighted by Crippen LogP contribution is 2.63. The summed E-state index contributed by atoms with van der Waals surface area (Å²) in [6, 6.07) is 17.0. The molecule has 3 atom stereocenters. The van der Waals surface area contributed by atoms with E-state index in [0.29, 0.717) is 11.3 Å². The van der Waals surface area contributed by atoms with Crippen molar-refractivity contribution in [3.8, 4) is 11.8 Å². The molecule has 124 valence electrons. The van der Waals surface area contributed by atoms with Crippen LogP contribution in [-0.2, 0) is 9.84 Å². The van der Waals surface area contributed by atoms with Crippen molar-refractivity contribution in [1.29, 1.82) is 5.26 Å². The van der Waals surface area contributed by atoms with Gasteiger partial charge in [0, 0.05) is 5.92 Å². The lowest BCUT2D eigenvalue weighted by Gasteiger charge is -2.05. The number of methoxy groups -OCH3 is 1. The first-order valence-corrected chi connectivity index (χ1v) is 9.01. The van der Waals surface area contributed by atoms with Crippen LogP contribution in [0.15, 0.2) is 59.5 Å². The molecule has 1 saturated carbocycles. The molecule has 0 radical (unpaired) electrons. The first kappa shape index (κ1) is 16.5. The maximum absolute atomic E-state index is 12.9. The topological polar surface area (TPSA) is 87.4 Å². The minimum Gasteiger partial charge on any atom is -0.497 e. The molecule has 2 aromatic carbocycles. The highest BCUT2D eigenvalue weighted by atomic mass is 32.2. The van der Waals surface area contributed by atoms with E-state index < -0.39 is 33.0 Å². The van der Waals surface area contributed by atoms with Gasteiger partial charge >= 0.3 is 0 Å². The lowest BCUT2D eigenvalue weighted by molar-refractivity contribution is 0.242. The van der Waals surface area contributed by atoms with Crippen LogP contribution in [0.2, 0.25) is 0 Å². The van der Waals surface area contributed by atoms with Gasteiger partial charge in [0.2, 0.25) is 0 Å². The Labute approximate surface area is 141 Å². The van der Waals surface area contributed by atoms with Gasteiger partial charge in [-0.05, 0) is 29.8 Å². The maximum atomic E-state index is 12.9. The van der Waals surface area contributed by atoms with E-state index in [-0.39, 0.29) is 4.90 Å². The summed E-state index contributed by atoms with van der Waals surface area (Å²) in [6.45, 7) is -0.503. The normalized spacial score (nSPS) is 25.7. The summed E-state index contributed by atoms with van der Waals surface area (Å²) in [5, 5.41) is 18.4. The fourth-order valence-electron chi connectivity index (χ4n) is 3.26. The van der Waals surface area contributed by atoms with Gasteiger partial charge in [0.05, 0.1) is 29.9 Å². The Hall–Kier alpha value is -2.36. The molecule has 0 saturated heterocycles. The molecule has 24 heavy (non-hydrogen) atoms. The highest BCUT2D eigenvalue weighted by molar-refractivity contribution is 7.92. The van der Waals surface area contributed by atoms with Crippen LogP contribution in [-0.4, -0.2) is 32.5 Å². The molecule has 0 unspecified atom stereocenters. The summed E-state index contributed by atoms with van der Waals surface area (Å²) >= 11 is 0. The molecule has 1 aliphatic carbocycles. The molecular formula is C18H17NO4S. The number of rotatable bonds is 5. The van der Waals surface area contributed by atoms with Gasteiger partial charge in [-0.25, -0.2) is 8.42 Å². The molecule has 3 rings (SSSR count).